The summed E-state index contributed by atoms with van der Waals surface area (Å²) in [4.78, 5) is 17.1. The van der Waals surface area contributed by atoms with Crippen LogP contribution in [0.3, 0.4) is 0 Å². The second kappa shape index (κ2) is 6.70. The number of anilines is 1. The summed E-state index contributed by atoms with van der Waals surface area (Å²) >= 11 is 0. The van der Waals surface area contributed by atoms with Crippen LogP contribution in [0.2, 0.25) is 0 Å². The predicted octanol–water partition coefficient (Wildman–Crippen LogP) is 2.00. The van der Waals surface area contributed by atoms with E-state index in [4.69, 9.17) is 4.52 Å². The highest BCUT2D eigenvalue weighted by Gasteiger charge is 2.45. The number of amides is 1. The molecule has 1 saturated heterocycles. The summed E-state index contributed by atoms with van der Waals surface area (Å²) in [6.45, 7) is 5.44. The zero-order valence-corrected chi connectivity index (χ0v) is 15.6. The van der Waals surface area contributed by atoms with E-state index in [-0.39, 0.29) is 5.91 Å². The minimum Gasteiger partial charge on any atom is -0.361 e. The van der Waals surface area contributed by atoms with Crippen molar-refractivity contribution in [2.75, 3.05) is 25.0 Å². The Labute approximate surface area is 153 Å². The van der Waals surface area contributed by atoms with Gasteiger partial charge in [0, 0.05) is 43.9 Å². The third kappa shape index (κ3) is 2.95. The Hall–Kier alpha value is -2.44. The first-order valence-electron chi connectivity index (χ1n) is 9.24. The van der Waals surface area contributed by atoms with Gasteiger partial charge < -0.3 is 14.3 Å². The summed E-state index contributed by atoms with van der Waals surface area (Å²) in [6, 6.07) is 4.32. The monoisotopic (exact) mass is 355 g/mol. The van der Waals surface area contributed by atoms with E-state index < -0.39 is 0 Å². The number of carbonyl (C=O) groups excluding carboxylic acids is 1. The van der Waals surface area contributed by atoms with Crippen LogP contribution in [0.25, 0.3) is 0 Å². The van der Waals surface area contributed by atoms with Crippen LogP contribution < -0.4 is 4.90 Å². The average molecular weight is 355 g/mol. The molecule has 1 amide bonds. The summed E-state index contributed by atoms with van der Waals surface area (Å²) in [6.07, 6.45) is 4.38. The van der Waals surface area contributed by atoms with E-state index in [1.165, 1.54) is 0 Å². The molecule has 1 aliphatic heterocycles. The van der Waals surface area contributed by atoms with E-state index in [9.17, 15) is 4.79 Å². The lowest BCUT2D eigenvalue weighted by Gasteiger charge is -2.30. The first-order valence-corrected chi connectivity index (χ1v) is 9.24. The summed E-state index contributed by atoms with van der Waals surface area (Å²) in [5.41, 5.74) is 1.75. The molecule has 0 unspecified atom stereocenters. The van der Waals surface area contributed by atoms with E-state index in [2.05, 4.69) is 27.3 Å². The molecule has 2 fully saturated rings. The van der Waals surface area contributed by atoms with Crippen molar-refractivity contribution in [2.45, 2.75) is 39.2 Å². The number of hydrogen-bond donors (Lipinski definition) is 0. The van der Waals surface area contributed by atoms with Crippen LogP contribution in [0.15, 0.2) is 22.9 Å². The molecule has 26 heavy (non-hydrogen) atoms. The van der Waals surface area contributed by atoms with Gasteiger partial charge in [-0.05, 0) is 44.7 Å². The van der Waals surface area contributed by atoms with Crippen LogP contribution in [-0.2, 0) is 11.2 Å². The molecule has 4 rings (SSSR count). The van der Waals surface area contributed by atoms with Gasteiger partial charge in [-0.1, -0.05) is 5.16 Å². The number of aromatic nitrogens is 3. The first-order chi connectivity index (χ1) is 12.5. The maximum absolute atomic E-state index is 12.8. The van der Waals surface area contributed by atoms with Gasteiger partial charge in [0.1, 0.15) is 5.76 Å². The van der Waals surface area contributed by atoms with Crippen molar-refractivity contribution >= 4 is 11.7 Å². The third-order valence-corrected chi connectivity index (χ3v) is 6.10. The minimum atomic E-state index is 0.176. The molecular weight excluding hydrogens is 330 g/mol. The second-order valence-corrected chi connectivity index (χ2v) is 7.54. The number of carbonyl (C=O) groups is 1. The van der Waals surface area contributed by atoms with Gasteiger partial charge in [-0.2, -0.15) is 5.10 Å². The van der Waals surface area contributed by atoms with Crippen molar-refractivity contribution in [3.63, 3.8) is 0 Å². The van der Waals surface area contributed by atoms with E-state index in [0.29, 0.717) is 24.3 Å². The van der Waals surface area contributed by atoms with Crippen LogP contribution in [0, 0.1) is 25.7 Å². The van der Waals surface area contributed by atoms with Crippen molar-refractivity contribution in [1.82, 2.24) is 20.3 Å². The highest BCUT2D eigenvalue weighted by atomic mass is 16.5. The van der Waals surface area contributed by atoms with Crippen molar-refractivity contribution in [3.05, 3.63) is 35.3 Å². The zero-order chi connectivity index (χ0) is 18.3. The maximum Gasteiger partial charge on any atom is 0.227 e. The van der Waals surface area contributed by atoms with E-state index in [0.717, 1.165) is 48.8 Å². The summed E-state index contributed by atoms with van der Waals surface area (Å²) in [7, 11) is 2.09. The van der Waals surface area contributed by atoms with Gasteiger partial charge in [0.2, 0.25) is 5.91 Å². The molecule has 0 bridgehead atoms. The Balaban J connectivity index is 1.43. The molecule has 2 aromatic rings. The fourth-order valence-corrected chi connectivity index (χ4v) is 4.59. The van der Waals surface area contributed by atoms with Crippen LogP contribution in [0.4, 0.5) is 5.82 Å². The normalized spacial score (nSPS) is 24.7. The Morgan fingerprint density at radius 2 is 2.19 bits per heavy atom. The average Bonchev–Trinajstić information content (AvgIpc) is 3.32. The van der Waals surface area contributed by atoms with Crippen LogP contribution in [0.5, 0.6) is 0 Å². The summed E-state index contributed by atoms with van der Waals surface area (Å²) in [5.74, 6) is 2.90. The van der Waals surface area contributed by atoms with E-state index >= 15 is 0 Å². The first kappa shape index (κ1) is 17.0. The molecule has 0 radical (unpaired) electrons. The van der Waals surface area contributed by atoms with Gasteiger partial charge >= 0.3 is 0 Å². The molecule has 0 spiro atoms. The number of fused-ring (bicyclic) bond motifs is 1. The molecule has 0 aromatic carbocycles. The van der Waals surface area contributed by atoms with Gasteiger partial charge in [0.25, 0.3) is 0 Å². The topological polar surface area (TPSA) is 75.4 Å². The van der Waals surface area contributed by atoms with Gasteiger partial charge in [-0.3, -0.25) is 4.79 Å². The van der Waals surface area contributed by atoms with Crippen molar-refractivity contribution in [3.8, 4) is 0 Å². The van der Waals surface area contributed by atoms with Crippen LogP contribution in [0.1, 0.15) is 29.9 Å². The fourth-order valence-electron chi connectivity index (χ4n) is 4.59. The molecule has 2 aliphatic rings. The minimum absolute atomic E-state index is 0.176. The molecule has 2 aromatic heterocycles. The molecule has 3 atom stereocenters. The van der Waals surface area contributed by atoms with Gasteiger partial charge in [0.15, 0.2) is 5.82 Å². The number of rotatable bonds is 4. The van der Waals surface area contributed by atoms with Gasteiger partial charge in [-0.15, -0.1) is 5.10 Å². The Bertz CT molecular complexity index is 771. The van der Waals surface area contributed by atoms with E-state index in [1.807, 2.05) is 30.9 Å². The highest BCUT2D eigenvalue weighted by Crippen LogP contribution is 2.41. The van der Waals surface area contributed by atoms with E-state index in [1.54, 1.807) is 6.20 Å². The number of aryl methyl sites for hydroxylation is 2. The molecule has 1 aliphatic carbocycles. The zero-order valence-electron chi connectivity index (χ0n) is 15.6. The number of likely N-dealkylation sites (tertiary alicyclic amines) is 1. The Morgan fingerprint density at radius 3 is 2.88 bits per heavy atom. The fraction of sp³-hybridized carbons (Fsp3) is 0.579. The van der Waals surface area contributed by atoms with Crippen molar-refractivity contribution < 1.29 is 9.32 Å². The molecule has 3 heterocycles. The van der Waals surface area contributed by atoms with Crippen molar-refractivity contribution in [1.29, 1.82) is 0 Å². The largest absolute Gasteiger partial charge is 0.361 e. The SMILES string of the molecule is Cc1noc(C)c1CC(=O)N1C[C@H]2CC[C@@H](N(C)c3cccnn3)[C@H]2C1. The Kier molecular flexibility index (Phi) is 4.38. The molecule has 138 valence electrons. The van der Waals surface area contributed by atoms with Crippen LogP contribution in [-0.4, -0.2) is 52.3 Å². The van der Waals surface area contributed by atoms with Gasteiger partial charge in [0.05, 0.1) is 12.1 Å². The summed E-state index contributed by atoms with van der Waals surface area (Å²) in [5, 5.41) is 12.2. The standard InChI is InChI=1S/C19H25N5O2/c1-12-15(13(2)26-22-12)9-19(25)24-10-14-6-7-17(16(14)11-24)23(3)18-5-4-8-20-21-18/h4-5,8,14,16-17H,6-7,9-11H2,1-3H3/t14-,16+,17-/m1/s1. The molecule has 7 heteroatoms. The number of nitrogens with zero attached hydrogens (tertiary/aromatic N) is 5. The smallest absolute Gasteiger partial charge is 0.227 e. The molecule has 1 saturated carbocycles. The quantitative estimate of drug-likeness (QED) is 0.835. The lowest BCUT2D eigenvalue weighted by Crippen LogP contribution is -2.39. The molecule has 0 N–H and O–H groups in total. The lowest BCUT2D eigenvalue weighted by molar-refractivity contribution is -0.129. The third-order valence-electron chi connectivity index (χ3n) is 6.10. The molecule has 7 nitrogen and oxygen atoms in total. The van der Waals surface area contributed by atoms with Crippen molar-refractivity contribution in [2.24, 2.45) is 11.8 Å². The predicted molar refractivity (Wildman–Crippen MR) is 96.7 cm³/mol. The lowest BCUT2D eigenvalue weighted by atomic mass is 9.97. The highest BCUT2D eigenvalue weighted by molar-refractivity contribution is 5.79. The Morgan fingerprint density at radius 1 is 1.35 bits per heavy atom. The number of hydrogen-bond acceptors (Lipinski definition) is 6. The van der Waals surface area contributed by atoms with Crippen LogP contribution >= 0.6 is 0 Å². The summed E-state index contributed by atoms with van der Waals surface area (Å²) < 4.78 is 5.19. The van der Waals surface area contributed by atoms with Gasteiger partial charge in [-0.25, -0.2) is 0 Å². The maximum atomic E-state index is 12.8. The molecular formula is C19H25N5O2. The second-order valence-electron chi connectivity index (χ2n) is 7.54.